The molecule has 0 unspecified atom stereocenters. The maximum Gasteiger partial charge on any atom is 0.176 e. The summed E-state index contributed by atoms with van der Waals surface area (Å²) in [7, 11) is 0. The molecule has 5 nitrogen and oxygen atoms in total. The fraction of sp³-hybridized carbons (Fsp3) is 0.500. The highest BCUT2D eigenvalue weighted by Gasteiger charge is 2.35. The fourth-order valence-electron chi connectivity index (χ4n) is 2.87. The molecule has 1 aliphatic carbocycles. The molecule has 0 bridgehead atoms. The maximum atomic E-state index is 6.55. The number of nitrogens with zero attached hydrogens (tertiary/aromatic N) is 4. The van der Waals surface area contributed by atoms with E-state index in [1.54, 1.807) is 4.68 Å². The average Bonchev–Trinajstić information content (AvgIpc) is 2.90. The highest BCUT2D eigenvalue weighted by molar-refractivity contribution is 5.40. The van der Waals surface area contributed by atoms with Gasteiger partial charge < -0.3 is 5.73 Å². The summed E-state index contributed by atoms with van der Waals surface area (Å²) in [4.78, 5) is 0. The highest BCUT2D eigenvalue weighted by atomic mass is 15.5. The van der Waals surface area contributed by atoms with Gasteiger partial charge in [0.05, 0.1) is 11.2 Å². The third-order valence-electron chi connectivity index (χ3n) is 4.00. The van der Waals surface area contributed by atoms with Crippen LogP contribution in [0.5, 0.6) is 0 Å². The van der Waals surface area contributed by atoms with Gasteiger partial charge in [-0.15, -0.1) is 5.10 Å². The zero-order valence-electron chi connectivity index (χ0n) is 11.2. The SMILES string of the molecule is Cc1ccccc1-n1nnnc1C1(N)CCCCC1. The van der Waals surface area contributed by atoms with E-state index in [-0.39, 0.29) is 5.54 Å². The molecule has 0 aliphatic heterocycles. The molecule has 2 aromatic rings. The molecule has 3 rings (SSSR count). The van der Waals surface area contributed by atoms with Gasteiger partial charge in [0.15, 0.2) is 5.82 Å². The van der Waals surface area contributed by atoms with Crippen molar-refractivity contribution < 1.29 is 0 Å². The lowest BCUT2D eigenvalue weighted by molar-refractivity contribution is 0.282. The lowest BCUT2D eigenvalue weighted by Gasteiger charge is -2.31. The van der Waals surface area contributed by atoms with Crippen LogP contribution in [0.15, 0.2) is 24.3 Å². The number of benzene rings is 1. The van der Waals surface area contributed by atoms with Crippen molar-refractivity contribution in [3.63, 3.8) is 0 Å². The molecule has 0 radical (unpaired) electrons. The summed E-state index contributed by atoms with van der Waals surface area (Å²) in [5, 5.41) is 12.2. The number of para-hydroxylation sites is 1. The van der Waals surface area contributed by atoms with E-state index < -0.39 is 0 Å². The maximum absolute atomic E-state index is 6.55. The topological polar surface area (TPSA) is 69.6 Å². The van der Waals surface area contributed by atoms with Gasteiger partial charge >= 0.3 is 0 Å². The van der Waals surface area contributed by atoms with Gasteiger partial charge in [-0.05, 0) is 41.8 Å². The van der Waals surface area contributed by atoms with Gasteiger partial charge in [0.25, 0.3) is 0 Å². The lowest BCUT2D eigenvalue weighted by atomic mass is 9.82. The minimum atomic E-state index is -0.385. The van der Waals surface area contributed by atoms with Crippen LogP contribution in [-0.4, -0.2) is 20.2 Å². The molecule has 1 aliphatic rings. The van der Waals surface area contributed by atoms with Crippen molar-refractivity contribution in [2.24, 2.45) is 5.73 Å². The van der Waals surface area contributed by atoms with Crippen LogP contribution >= 0.6 is 0 Å². The van der Waals surface area contributed by atoms with Gasteiger partial charge in [0.2, 0.25) is 0 Å². The molecule has 1 saturated carbocycles. The molecule has 0 spiro atoms. The summed E-state index contributed by atoms with van der Waals surface area (Å²) in [5.41, 5.74) is 8.33. The number of tetrazole rings is 1. The number of hydrogen-bond acceptors (Lipinski definition) is 4. The summed E-state index contributed by atoms with van der Waals surface area (Å²) in [6.45, 7) is 2.06. The molecular formula is C14H19N5. The fourth-order valence-corrected chi connectivity index (χ4v) is 2.87. The Balaban J connectivity index is 2.06. The van der Waals surface area contributed by atoms with Crippen LogP contribution in [0.2, 0.25) is 0 Å². The van der Waals surface area contributed by atoms with Gasteiger partial charge in [-0.3, -0.25) is 0 Å². The molecule has 1 heterocycles. The van der Waals surface area contributed by atoms with Crippen LogP contribution in [0.25, 0.3) is 5.69 Å². The third-order valence-corrected chi connectivity index (χ3v) is 4.00. The van der Waals surface area contributed by atoms with E-state index in [0.29, 0.717) is 0 Å². The number of hydrogen-bond donors (Lipinski definition) is 1. The van der Waals surface area contributed by atoms with Gasteiger partial charge in [-0.2, -0.15) is 4.68 Å². The number of nitrogens with two attached hydrogens (primary N) is 1. The van der Waals surface area contributed by atoms with Crippen LogP contribution in [0.1, 0.15) is 43.5 Å². The molecular weight excluding hydrogens is 238 g/mol. The van der Waals surface area contributed by atoms with Crippen molar-refractivity contribution in [3.05, 3.63) is 35.7 Å². The Bertz CT molecular complexity index is 569. The first-order valence-corrected chi connectivity index (χ1v) is 6.84. The van der Waals surface area contributed by atoms with Crippen molar-refractivity contribution >= 4 is 0 Å². The van der Waals surface area contributed by atoms with Crippen molar-refractivity contribution in [1.82, 2.24) is 20.2 Å². The first-order valence-electron chi connectivity index (χ1n) is 6.84. The van der Waals surface area contributed by atoms with Gasteiger partial charge in [-0.1, -0.05) is 37.5 Å². The van der Waals surface area contributed by atoms with E-state index in [1.807, 2.05) is 18.2 Å². The van der Waals surface area contributed by atoms with Gasteiger partial charge in [0.1, 0.15) is 0 Å². The monoisotopic (exact) mass is 257 g/mol. The van der Waals surface area contributed by atoms with Crippen molar-refractivity contribution in [1.29, 1.82) is 0 Å². The molecule has 0 atom stereocenters. The lowest BCUT2D eigenvalue weighted by Crippen LogP contribution is -2.41. The summed E-state index contributed by atoms with van der Waals surface area (Å²) >= 11 is 0. The van der Waals surface area contributed by atoms with E-state index in [2.05, 4.69) is 28.5 Å². The van der Waals surface area contributed by atoms with E-state index in [9.17, 15) is 0 Å². The molecule has 5 heteroatoms. The van der Waals surface area contributed by atoms with Crippen LogP contribution in [-0.2, 0) is 5.54 Å². The zero-order chi connectivity index (χ0) is 13.3. The second kappa shape index (κ2) is 4.74. The number of aromatic nitrogens is 4. The highest BCUT2D eigenvalue weighted by Crippen LogP contribution is 2.34. The van der Waals surface area contributed by atoms with Crippen molar-refractivity contribution in [3.8, 4) is 5.69 Å². The van der Waals surface area contributed by atoms with Crippen LogP contribution < -0.4 is 5.73 Å². The van der Waals surface area contributed by atoms with E-state index in [1.165, 1.54) is 6.42 Å². The van der Waals surface area contributed by atoms with E-state index >= 15 is 0 Å². The van der Waals surface area contributed by atoms with Crippen LogP contribution in [0.3, 0.4) is 0 Å². The smallest absolute Gasteiger partial charge is 0.176 e. The summed E-state index contributed by atoms with van der Waals surface area (Å²) in [6.07, 6.45) is 5.47. The molecule has 2 N–H and O–H groups in total. The number of aryl methyl sites for hydroxylation is 1. The Morgan fingerprint density at radius 1 is 1.16 bits per heavy atom. The Morgan fingerprint density at radius 2 is 1.89 bits per heavy atom. The largest absolute Gasteiger partial charge is 0.319 e. The normalized spacial score (nSPS) is 18.4. The molecule has 0 amide bonds. The minimum absolute atomic E-state index is 0.385. The summed E-state index contributed by atoms with van der Waals surface area (Å²) < 4.78 is 1.81. The van der Waals surface area contributed by atoms with Crippen molar-refractivity contribution in [2.45, 2.75) is 44.6 Å². The Morgan fingerprint density at radius 3 is 2.63 bits per heavy atom. The summed E-state index contributed by atoms with van der Waals surface area (Å²) in [6, 6.07) is 8.10. The summed E-state index contributed by atoms with van der Waals surface area (Å²) in [5.74, 6) is 0.793. The Hall–Kier alpha value is -1.75. The van der Waals surface area contributed by atoms with Crippen LogP contribution in [0, 0.1) is 6.92 Å². The molecule has 1 aromatic carbocycles. The quantitative estimate of drug-likeness (QED) is 0.894. The Kier molecular flexibility index (Phi) is 3.06. The molecule has 1 fully saturated rings. The number of rotatable bonds is 2. The molecule has 0 saturated heterocycles. The zero-order valence-corrected chi connectivity index (χ0v) is 11.2. The molecule has 100 valence electrons. The predicted molar refractivity (Wildman–Crippen MR) is 72.8 cm³/mol. The Labute approximate surface area is 112 Å². The first-order chi connectivity index (χ1) is 9.21. The average molecular weight is 257 g/mol. The van der Waals surface area contributed by atoms with E-state index in [4.69, 9.17) is 5.73 Å². The molecule has 1 aromatic heterocycles. The molecule has 19 heavy (non-hydrogen) atoms. The van der Waals surface area contributed by atoms with Crippen molar-refractivity contribution in [2.75, 3.05) is 0 Å². The first kappa shape index (κ1) is 12.3. The predicted octanol–water partition coefficient (Wildman–Crippen LogP) is 2.09. The van der Waals surface area contributed by atoms with Gasteiger partial charge in [-0.25, -0.2) is 0 Å². The third kappa shape index (κ3) is 2.14. The van der Waals surface area contributed by atoms with Crippen LogP contribution in [0.4, 0.5) is 0 Å². The van der Waals surface area contributed by atoms with Gasteiger partial charge in [0, 0.05) is 0 Å². The second-order valence-corrected chi connectivity index (χ2v) is 5.42. The standard InChI is InChI=1S/C14H19N5/c1-11-7-3-4-8-12(11)19-13(16-17-18-19)14(15)9-5-2-6-10-14/h3-4,7-8H,2,5-6,9-10,15H2,1H3. The van der Waals surface area contributed by atoms with E-state index in [0.717, 1.165) is 42.8 Å². The minimum Gasteiger partial charge on any atom is -0.319 e. The second-order valence-electron chi connectivity index (χ2n) is 5.42.